The third kappa shape index (κ3) is 4.80. The van der Waals surface area contributed by atoms with E-state index in [1.54, 1.807) is 4.90 Å². The number of carbonyl (C=O) groups excluding carboxylic acids is 2. The molecule has 2 fully saturated rings. The first-order chi connectivity index (χ1) is 12.3. The number of morpholine rings is 1. The smallest absolute Gasteiger partial charge is 0.226 e. The fourth-order valence-electron chi connectivity index (χ4n) is 3.42. The summed E-state index contributed by atoms with van der Waals surface area (Å²) < 4.78 is 11.1. The van der Waals surface area contributed by atoms with E-state index >= 15 is 0 Å². The first kappa shape index (κ1) is 17.9. The molecule has 3 rings (SSSR count). The summed E-state index contributed by atoms with van der Waals surface area (Å²) in [4.78, 5) is 26.5. The molecule has 6 nitrogen and oxygen atoms in total. The van der Waals surface area contributed by atoms with Gasteiger partial charge in [-0.25, -0.2) is 0 Å². The number of carbonyl (C=O) groups is 2. The largest absolute Gasteiger partial charge is 0.378 e. The van der Waals surface area contributed by atoms with Crippen LogP contribution in [0.1, 0.15) is 30.9 Å². The number of amides is 2. The van der Waals surface area contributed by atoms with Gasteiger partial charge in [0.1, 0.15) is 0 Å². The second-order valence-corrected chi connectivity index (χ2v) is 6.48. The Morgan fingerprint density at radius 2 is 1.88 bits per heavy atom. The fourth-order valence-corrected chi connectivity index (χ4v) is 3.42. The highest BCUT2D eigenvalue weighted by atomic mass is 16.5. The third-order valence-electron chi connectivity index (χ3n) is 4.79. The van der Waals surface area contributed by atoms with Gasteiger partial charge in [0.15, 0.2) is 0 Å². The number of hydrogen-bond donors (Lipinski definition) is 1. The molecular weight excluding hydrogens is 320 g/mol. The maximum Gasteiger partial charge on any atom is 0.226 e. The molecule has 6 heteroatoms. The van der Waals surface area contributed by atoms with Gasteiger partial charge in [-0.3, -0.25) is 9.59 Å². The van der Waals surface area contributed by atoms with Crippen molar-refractivity contribution in [3.05, 3.63) is 35.9 Å². The summed E-state index contributed by atoms with van der Waals surface area (Å²) in [6.45, 7) is 3.51. The van der Waals surface area contributed by atoms with E-state index < -0.39 is 0 Å². The molecule has 2 heterocycles. The minimum Gasteiger partial charge on any atom is -0.378 e. The Bertz CT molecular complexity index is 572. The van der Waals surface area contributed by atoms with Crippen molar-refractivity contribution in [1.29, 1.82) is 0 Å². The van der Waals surface area contributed by atoms with E-state index in [1.165, 1.54) is 0 Å². The van der Waals surface area contributed by atoms with E-state index in [0.717, 1.165) is 18.4 Å². The summed E-state index contributed by atoms with van der Waals surface area (Å²) in [6.07, 6.45) is 1.82. The summed E-state index contributed by atoms with van der Waals surface area (Å²) in [5, 5.41) is 2.92. The lowest BCUT2D eigenvalue weighted by Gasteiger charge is -2.31. The van der Waals surface area contributed by atoms with Gasteiger partial charge in [0, 0.05) is 32.7 Å². The predicted molar refractivity (Wildman–Crippen MR) is 92.9 cm³/mol. The molecule has 2 amide bonds. The molecule has 136 valence electrons. The first-order valence-corrected chi connectivity index (χ1v) is 9.05. The molecule has 1 aromatic carbocycles. The molecule has 0 spiro atoms. The van der Waals surface area contributed by atoms with E-state index in [2.05, 4.69) is 5.32 Å². The summed E-state index contributed by atoms with van der Waals surface area (Å²) in [5.74, 6) is -0.152. The predicted octanol–water partition coefficient (Wildman–Crippen LogP) is 1.52. The van der Waals surface area contributed by atoms with Gasteiger partial charge < -0.3 is 19.7 Å². The quantitative estimate of drug-likeness (QED) is 0.878. The molecule has 1 N–H and O–H groups in total. The minimum atomic E-state index is -0.204. The molecule has 0 aliphatic carbocycles. The van der Waals surface area contributed by atoms with Crippen LogP contribution in [0.3, 0.4) is 0 Å². The molecule has 25 heavy (non-hydrogen) atoms. The Morgan fingerprint density at radius 3 is 2.64 bits per heavy atom. The molecular formula is C19H26N2O4. The minimum absolute atomic E-state index is 0.0247. The molecule has 1 aromatic rings. The maximum atomic E-state index is 12.6. The highest BCUT2D eigenvalue weighted by Gasteiger charge is 2.32. The monoisotopic (exact) mass is 346 g/mol. The molecule has 0 unspecified atom stereocenters. The molecule has 0 aromatic heterocycles. The van der Waals surface area contributed by atoms with Crippen LogP contribution in [0.2, 0.25) is 0 Å². The van der Waals surface area contributed by atoms with Crippen molar-refractivity contribution in [2.24, 2.45) is 5.92 Å². The van der Waals surface area contributed by atoms with E-state index in [9.17, 15) is 9.59 Å². The van der Waals surface area contributed by atoms with Crippen LogP contribution in [0.15, 0.2) is 30.3 Å². The van der Waals surface area contributed by atoms with Gasteiger partial charge in [0.2, 0.25) is 11.8 Å². The Hall–Kier alpha value is -1.92. The Labute approximate surface area is 148 Å². The first-order valence-electron chi connectivity index (χ1n) is 9.05. The van der Waals surface area contributed by atoms with Gasteiger partial charge >= 0.3 is 0 Å². The molecule has 2 aliphatic rings. The zero-order chi connectivity index (χ0) is 17.5. The number of nitrogens with one attached hydrogen (secondary N) is 1. The van der Waals surface area contributed by atoms with Crippen LogP contribution < -0.4 is 5.32 Å². The normalized spacial score (nSPS) is 23.9. The lowest BCUT2D eigenvalue weighted by Crippen LogP contribution is -2.43. The standard InChI is InChI=1S/C19H26N2O4/c22-17(21-10-13-24-14-11-21)8-9-20-19(23)16-7-4-12-25-18(16)15-5-2-1-3-6-15/h1-3,5-6,16,18H,4,7-14H2,(H,20,23)/t16-,18-/m1/s1. The van der Waals surface area contributed by atoms with Crippen molar-refractivity contribution in [2.75, 3.05) is 39.5 Å². The Balaban J connectivity index is 1.50. The van der Waals surface area contributed by atoms with Crippen LogP contribution in [0.5, 0.6) is 0 Å². The van der Waals surface area contributed by atoms with E-state index in [0.29, 0.717) is 45.9 Å². The number of benzene rings is 1. The van der Waals surface area contributed by atoms with Crippen LogP contribution in [-0.4, -0.2) is 56.2 Å². The van der Waals surface area contributed by atoms with Crippen LogP contribution in [0, 0.1) is 5.92 Å². The van der Waals surface area contributed by atoms with Gasteiger partial charge in [-0.05, 0) is 18.4 Å². The number of ether oxygens (including phenoxy) is 2. The summed E-state index contributed by atoms with van der Waals surface area (Å²) >= 11 is 0. The van der Waals surface area contributed by atoms with Gasteiger partial charge in [-0.1, -0.05) is 30.3 Å². The average molecular weight is 346 g/mol. The van der Waals surface area contributed by atoms with Gasteiger partial charge in [0.25, 0.3) is 0 Å². The fraction of sp³-hybridized carbons (Fsp3) is 0.579. The molecule has 2 aliphatic heterocycles. The summed E-state index contributed by atoms with van der Waals surface area (Å²) in [5.41, 5.74) is 1.03. The average Bonchev–Trinajstić information content (AvgIpc) is 2.69. The molecule has 2 atom stereocenters. The summed E-state index contributed by atoms with van der Waals surface area (Å²) in [7, 11) is 0. The summed E-state index contributed by atoms with van der Waals surface area (Å²) in [6, 6.07) is 9.88. The Morgan fingerprint density at radius 1 is 1.12 bits per heavy atom. The van der Waals surface area contributed by atoms with Crippen molar-refractivity contribution in [2.45, 2.75) is 25.4 Å². The maximum absolute atomic E-state index is 12.6. The third-order valence-corrected chi connectivity index (χ3v) is 4.79. The van der Waals surface area contributed by atoms with E-state index in [-0.39, 0.29) is 23.8 Å². The molecule has 0 saturated carbocycles. The number of hydrogen-bond acceptors (Lipinski definition) is 4. The van der Waals surface area contributed by atoms with E-state index in [1.807, 2.05) is 30.3 Å². The van der Waals surface area contributed by atoms with Crippen LogP contribution in [0.25, 0.3) is 0 Å². The van der Waals surface area contributed by atoms with Crippen molar-refractivity contribution in [3.8, 4) is 0 Å². The molecule has 0 radical (unpaired) electrons. The van der Waals surface area contributed by atoms with Crippen LogP contribution >= 0.6 is 0 Å². The van der Waals surface area contributed by atoms with Crippen molar-refractivity contribution in [3.63, 3.8) is 0 Å². The molecule has 0 bridgehead atoms. The lowest BCUT2D eigenvalue weighted by atomic mass is 9.89. The van der Waals surface area contributed by atoms with E-state index in [4.69, 9.17) is 9.47 Å². The lowest BCUT2D eigenvalue weighted by molar-refractivity contribution is -0.136. The number of rotatable bonds is 5. The Kier molecular flexibility index (Phi) is 6.42. The van der Waals surface area contributed by atoms with Crippen molar-refractivity contribution >= 4 is 11.8 Å². The van der Waals surface area contributed by atoms with Gasteiger partial charge in [0.05, 0.1) is 25.2 Å². The van der Waals surface area contributed by atoms with Crippen LogP contribution in [0.4, 0.5) is 0 Å². The second-order valence-electron chi connectivity index (χ2n) is 6.48. The van der Waals surface area contributed by atoms with Crippen molar-refractivity contribution < 1.29 is 19.1 Å². The highest BCUT2D eigenvalue weighted by Crippen LogP contribution is 2.33. The van der Waals surface area contributed by atoms with Gasteiger partial charge in [-0.15, -0.1) is 0 Å². The zero-order valence-electron chi connectivity index (χ0n) is 14.5. The topological polar surface area (TPSA) is 67.9 Å². The van der Waals surface area contributed by atoms with Crippen LogP contribution in [-0.2, 0) is 19.1 Å². The second kappa shape index (κ2) is 8.97. The highest BCUT2D eigenvalue weighted by molar-refractivity contribution is 5.81. The zero-order valence-corrected chi connectivity index (χ0v) is 14.5. The van der Waals surface area contributed by atoms with Crippen molar-refractivity contribution in [1.82, 2.24) is 10.2 Å². The number of nitrogens with zero attached hydrogens (tertiary/aromatic N) is 1. The van der Waals surface area contributed by atoms with Gasteiger partial charge in [-0.2, -0.15) is 0 Å². The SMILES string of the molecule is O=C(NCCC(=O)N1CCOCC1)[C@@H]1CCCO[C@@H]1c1ccccc1. The molecule has 2 saturated heterocycles.